The van der Waals surface area contributed by atoms with Crippen LogP contribution in [0.5, 0.6) is 5.75 Å². The largest absolute Gasteiger partial charge is 0.507 e. The summed E-state index contributed by atoms with van der Waals surface area (Å²) < 4.78 is 23.1. The third kappa shape index (κ3) is 3.21. The Morgan fingerprint density at radius 3 is 2.38 bits per heavy atom. The van der Waals surface area contributed by atoms with Gasteiger partial charge in [-0.2, -0.15) is 0 Å². The van der Waals surface area contributed by atoms with Crippen molar-refractivity contribution in [3.05, 3.63) is 23.8 Å². The predicted octanol–water partition coefficient (Wildman–Crippen LogP) is 1.08. The Hall–Kier alpha value is -1.07. The van der Waals surface area contributed by atoms with Crippen molar-refractivity contribution in [3.63, 3.8) is 0 Å². The maximum Gasteiger partial charge on any atom is 0.179 e. The van der Waals surface area contributed by atoms with Gasteiger partial charge in [0, 0.05) is 11.8 Å². The molecule has 0 aliphatic rings. The Kier molecular flexibility index (Phi) is 3.30. The minimum Gasteiger partial charge on any atom is -0.507 e. The number of aromatic hydroxyl groups is 1. The van der Waals surface area contributed by atoms with Gasteiger partial charge in [0.1, 0.15) is 10.6 Å². The van der Waals surface area contributed by atoms with Gasteiger partial charge in [-0.3, -0.25) is 0 Å². The Labute approximate surface area is 96.0 Å². The van der Waals surface area contributed by atoms with E-state index >= 15 is 0 Å². The molecule has 0 saturated carbocycles. The van der Waals surface area contributed by atoms with Gasteiger partial charge in [0.2, 0.25) is 0 Å². The lowest BCUT2D eigenvalue weighted by Crippen LogP contribution is -2.34. The van der Waals surface area contributed by atoms with E-state index in [-0.39, 0.29) is 10.6 Å². The number of sulfone groups is 1. The molecule has 90 valence electrons. The highest BCUT2D eigenvalue weighted by Crippen LogP contribution is 2.28. The lowest BCUT2D eigenvalue weighted by molar-refractivity contribution is 0.452. The molecule has 1 aromatic rings. The van der Waals surface area contributed by atoms with Crippen LogP contribution in [0.1, 0.15) is 19.4 Å². The monoisotopic (exact) mass is 243 g/mol. The molecule has 5 heteroatoms. The summed E-state index contributed by atoms with van der Waals surface area (Å²) in [6.45, 7) is 3.62. The molecule has 0 aliphatic heterocycles. The molecule has 0 unspecified atom stereocenters. The zero-order valence-corrected chi connectivity index (χ0v) is 10.5. The third-order valence-electron chi connectivity index (χ3n) is 2.09. The molecule has 0 atom stereocenters. The van der Waals surface area contributed by atoms with Crippen LogP contribution >= 0.6 is 0 Å². The van der Waals surface area contributed by atoms with Crippen LogP contribution in [-0.4, -0.2) is 25.3 Å². The fourth-order valence-electron chi connectivity index (χ4n) is 1.63. The zero-order chi connectivity index (χ0) is 12.6. The molecular formula is C11H17NO3S. The molecule has 3 N–H and O–H groups in total. The van der Waals surface area contributed by atoms with Crippen molar-refractivity contribution in [2.24, 2.45) is 5.73 Å². The van der Waals surface area contributed by atoms with Gasteiger partial charge in [-0.1, -0.05) is 12.1 Å². The summed E-state index contributed by atoms with van der Waals surface area (Å²) in [5.41, 5.74) is 5.88. The molecule has 0 spiro atoms. The van der Waals surface area contributed by atoms with E-state index in [0.29, 0.717) is 12.0 Å². The number of benzene rings is 1. The minimum absolute atomic E-state index is 0.0199. The topological polar surface area (TPSA) is 80.4 Å². The Morgan fingerprint density at radius 1 is 1.38 bits per heavy atom. The van der Waals surface area contributed by atoms with Gasteiger partial charge in [-0.15, -0.1) is 0 Å². The summed E-state index contributed by atoms with van der Waals surface area (Å²) in [5.74, 6) is -0.218. The second kappa shape index (κ2) is 4.07. The molecule has 1 rings (SSSR count). The summed E-state index contributed by atoms with van der Waals surface area (Å²) in [5, 5.41) is 9.60. The van der Waals surface area contributed by atoms with E-state index in [1.807, 2.05) is 13.8 Å². The average molecular weight is 243 g/mol. The molecule has 0 saturated heterocycles. The first kappa shape index (κ1) is 13.0. The molecule has 1 aromatic carbocycles. The SMILES string of the molecule is CC(C)(N)Cc1cccc(O)c1S(C)(=O)=O. The first-order valence-corrected chi connectivity index (χ1v) is 6.80. The van der Waals surface area contributed by atoms with E-state index in [2.05, 4.69) is 0 Å². The van der Waals surface area contributed by atoms with Gasteiger partial charge in [-0.25, -0.2) is 8.42 Å². The van der Waals surface area contributed by atoms with Crippen LogP contribution in [-0.2, 0) is 16.3 Å². The van der Waals surface area contributed by atoms with E-state index in [9.17, 15) is 13.5 Å². The molecule has 16 heavy (non-hydrogen) atoms. The zero-order valence-electron chi connectivity index (χ0n) is 9.69. The summed E-state index contributed by atoms with van der Waals surface area (Å²) in [6.07, 6.45) is 1.47. The normalized spacial score (nSPS) is 12.8. The molecule has 0 aromatic heterocycles. The minimum atomic E-state index is -3.44. The van der Waals surface area contributed by atoms with Crippen molar-refractivity contribution in [3.8, 4) is 5.75 Å². The smallest absolute Gasteiger partial charge is 0.179 e. The molecule has 0 amide bonds. The van der Waals surface area contributed by atoms with Gasteiger partial charge in [0.25, 0.3) is 0 Å². The summed E-state index contributed by atoms with van der Waals surface area (Å²) in [4.78, 5) is -0.0199. The molecule has 0 fully saturated rings. The fourth-order valence-corrected chi connectivity index (χ4v) is 2.69. The number of rotatable bonds is 3. The number of hydrogen-bond acceptors (Lipinski definition) is 4. The quantitative estimate of drug-likeness (QED) is 0.832. The van der Waals surface area contributed by atoms with E-state index in [4.69, 9.17) is 5.73 Å². The van der Waals surface area contributed by atoms with E-state index in [0.717, 1.165) is 6.26 Å². The first-order valence-electron chi connectivity index (χ1n) is 4.91. The van der Waals surface area contributed by atoms with Crippen molar-refractivity contribution in [2.45, 2.75) is 30.7 Å². The maximum atomic E-state index is 11.6. The predicted molar refractivity (Wildman–Crippen MR) is 63.2 cm³/mol. The highest BCUT2D eigenvalue weighted by molar-refractivity contribution is 7.90. The first-order chi connectivity index (χ1) is 7.11. The molecule has 0 bridgehead atoms. The van der Waals surface area contributed by atoms with Gasteiger partial charge in [0.05, 0.1) is 0 Å². The average Bonchev–Trinajstić information content (AvgIpc) is 1.97. The highest BCUT2D eigenvalue weighted by Gasteiger charge is 2.21. The number of nitrogens with two attached hydrogens (primary N) is 1. The Balaban J connectivity index is 3.36. The fraction of sp³-hybridized carbons (Fsp3) is 0.455. The van der Waals surface area contributed by atoms with Gasteiger partial charge in [0.15, 0.2) is 9.84 Å². The standard InChI is InChI=1S/C11H17NO3S/c1-11(2,12)7-8-5-4-6-9(13)10(8)16(3,14)15/h4-6,13H,7,12H2,1-3H3. The van der Waals surface area contributed by atoms with Crippen LogP contribution in [0.2, 0.25) is 0 Å². The van der Waals surface area contributed by atoms with E-state index in [1.165, 1.54) is 6.07 Å². The van der Waals surface area contributed by atoms with E-state index in [1.54, 1.807) is 12.1 Å². The van der Waals surface area contributed by atoms with Gasteiger partial charge >= 0.3 is 0 Å². The van der Waals surface area contributed by atoms with Gasteiger partial charge in [-0.05, 0) is 31.9 Å². The number of phenols is 1. The maximum absolute atomic E-state index is 11.6. The lowest BCUT2D eigenvalue weighted by atomic mass is 9.96. The molecule has 0 aliphatic carbocycles. The van der Waals surface area contributed by atoms with Crippen molar-refractivity contribution in [1.29, 1.82) is 0 Å². The van der Waals surface area contributed by atoms with Crippen molar-refractivity contribution < 1.29 is 13.5 Å². The van der Waals surface area contributed by atoms with Crippen molar-refractivity contribution in [2.75, 3.05) is 6.26 Å². The summed E-state index contributed by atoms with van der Waals surface area (Å²) in [7, 11) is -3.44. The van der Waals surface area contributed by atoms with Crippen LogP contribution in [0, 0.1) is 0 Å². The van der Waals surface area contributed by atoms with Crippen LogP contribution in [0.15, 0.2) is 23.1 Å². The van der Waals surface area contributed by atoms with Crippen LogP contribution < -0.4 is 5.73 Å². The number of phenolic OH excluding ortho intramolecular Hbond substituents is 1. The summed E-state index contributed by atoms with van der Waals surface area (Å²) in [6, 6.07) is 4.65. The molecule has 4 nitrogen and oxygen atoms in total. The van der Waals surface area contributed by atoms with Crippen molar-refractivity contribution >= 4 is 9.84 Å². The third-order valence-corrected chi connectivity index (χ3v) is 3.31. The Morgan fingerprint density at radius 2 is 1.94 bits per heavy atom. The summed E-state index contributed by atoms with van der Waals surface area (Å²) >= 11 is 0. The van der Waals surface area contributed by atoms with Crippen LogP contribution in [0.25, 0.3) is 0 Å². The number of hydrogen-bond donors (Lipinski definition) is 2. The molecule has 0 heterocycles. The van der Waals surface area contributed by atoms with Crippen LogP contribution in [0.3, 0.4) is 0 Å². The Bertz CT molecular complexity index is 486. The molecule has 0 radical (unpaired) electrons. The van der Waals surface area contributed by atoms with Gasteiger partial charge < -0.3 is 10.8 Å². The van der Waals surface area contributed by atoms with Crippen molar-refractivity contribution in [1.82, 2.24) is 0 Å². The lowest BCUT2D eigenvalue weighted by Gasteiger charge is -2.20. The second-order valence-corrected chi connectivity index (χ2v) is 6.66. The molecular weight excluding hydrogens is 226 g/mol. The van der Waals surface area contributed by atoms with E-state index < -0.39 is 15.4 Å². The van der Waals surface area contributed by atoms with Crippen LogP contribution in [0.4, 0.5) is 0 Å². The second-order valence-electron chi connectivity index (χ2n) is 4.70. The highest BCUT2D eigenvalue weighted by atomic mass is 32.2.